The van der Waals surface area contributed by atoms with Crippen LogP contribution in [-0.4, -0.2) is 17.4 Å². The lowest BCUT2D eigenvalue weighted by molar-refractivity contribution is -0.125. The number of carbonyl (C=O) groups is 1. The average Bonchev–Trinajstić information content (AvgIpc) is 2.54. The van der Waals surface area contributed by atoms with Gasteiger partial charge in [0.05, 0.1) is 5.92 Å². The van der Waals surface area contributed by atoms with Crippen molar-refractivity contribution in [3.05, 3.63) is 30.1 Å². The zero-order chi connectivity index (χ0) is 11.4. The minimum Gasteiger partial charge on any atom is -0.356 e. The maximum absolute atomic E-state index is 11.8. The van der Waals surface area contributed by atoms with Crippen LogP contribution < -0.4 is 11.1 Å². The van der Waals surface area contributed by atoms with Gasteiger partial charge in [-0.25, -0.2) is 0 Å². The van der Waals surface area contributed by atoms with Gasteiger partial charge in [-0.05, 0) is 24.5 Å². The van der Waals surface area contributed by atoms with Gasteiger partial charge in [0.2, 0.25) is 5.91 Å². The normalized spacial score (nSPS) is 23.3. The number of hydrogen-bond donors (Lipinski definition) is 2. The SMILES string of the molecule is NC(c1cccnc1)[C@@H]1CCCCNC1=O. The Morgan fingerprint density at radius 2 is 2.38 bits per heavy atom. The van der Waals surface area contributed by atoms with E-state index in [2.05, 4.69) is 10.3 Å². The van der Waals surface area contributed by atoms with E-state index in [1.165, 1.54) is 0 Å². The number of nitrogens with one attached hydrogen (secondary N) is 1. The molecule has 0 radical (unpaired) electrons. The first-order valence-corrected chi connectivity index (χ1v) is 5.72. The summed E-state index contributed by atoms with van der Waals surface area (Å²) in [6.45, 7) is 0.773. The largest absolute Gasteiger partial charge is 0.356 e. The molecule has 1 saturated heterocycles. The van der Waals surface area contributed by atoms with E-state index in [0.717, 1.165) is 31.4 Å². The second kappa shape index (κ2) is 5.07. The monoisotopic (exact) mass is 219 g/mol. The van der Waals surface area contributed by atoms with Crippen molar-refractivity contribution in [2.45, 2.75) is 25.3 Å². The molecular weight excluding hydrogens is 202 g/mol. The molecule has 0 saturated carbocycles. The van der Waals surface area contributed by atoms with Crippen LogP contribution in [-0.2, 0) is 4.79 Å². The number of aromatic nitrogens is 1. The highest BCUT2D eigenvalue weighted by Crippen LogP contribution is 2.25. The molecule has 2 heterocycles. The van der Waals surface area contributed by atoms with Crippen molar-refractivity contribution in [3.8, 4) is 0 Å². The molecule has 1 aromatic rings. The Hall–Kier alpha value is -1.42. The van der Waals surface area contributed by atoms with Crippen molar-refractivity contribution in [1.29, 1.82) is 0 Å². The first-order valence-electron chi connectivity index (χ1n) is 5.72. The third-order valence-electron chi connectivity index (χ3n) is 3.08. The van der Waals surface area contributed by atoms with Crippen molar-refractivity contribution in [2.24, 2.45) is 11.7 Å². The Kier molecular flexibility index (Phi) is 3.51. The molecule has 1 aromatic heterocycles. The highest BCUT2D eigenvalue weighted by molar-refractivity contribution is 5.79. The van der Waals surface area contributed by atoms with E-state index in [1.807, 2.05) is 12.1 Å². The summed E-state index contributed by atoms with van der Waals surface area (Å²) in [5.41, 5.74) is 7.06. The van der Waals surface area contributed by atoms with Crippen LogP contribution in [0.2, 0.25) is 0 Å². The van der Waals surface area contributed by atoms with Gasteiger partial charge in [0.25, 0.3) is 0 Å². The molecule has 2 atom stereocenters. The van der Waals surface area contributed by atoms with E-state index < -0.39 is 0 Å². The fourth-order valence-corrected chi connectivity index (χ4v) is 2.11. The van der Waals surface area contributed by atoms with Crippen LogP contribution in [0, 0.1) is 5.92 Å². The van der Waals surface area contributed by atoms with Crippen LogP contribution >= 0.6 is 0 Å². The van der Waals surface area contributed by atoms with Gasteiger partial charge in [-0.15, -0.1) is 0 Å². The van der Waals surface area contributed by atoms with Crippen molar-refractivity contribution >= 4 is 5.91 Å². The summed E-state index contributed by atoms with van der Waals surface area (Å²) in [6, 6.07) is 3.53. The van der Waals surface area contributed by atoms with Gasteiger partial charge in [-0.2, -0.15) is 0 Å². The Balaban J connectivity index is 2.13. The molecule has 1 fully saturated rings. The molecule has 1 amide bonds. The lowest BCUT2D eigenvalue weighted by atomic mass is 9.90. The van der Waals surface area contributed by atoms with E-state index in [1.54, 1.807) is 12.4 Å². The molecule has 3 N–H and O–H groups in total. The summed E-state index contributed by atoms with van der Waals surface area (Å²) in [7, 11) is 0. The van der Waals surface area contributed by atoms with Gasteiger partial charge in [0.15, 0.2) is 0 Å². The highest BCUT2D eigenvalue weighted by Gasteiger charge is 2.27. The molecule has 0 bridgehead atoms. The number of amides is 1. The molecule has 0 aliphatic carbocycles. The number of rotatable bonds is 2. The predicted octanol–water partition coefficient (Wildman–Crippen LogP) is 0.998. The topological polar surface area (TPSA) is 68.0 Å². The molecule has 4 heteroatoms. The van der Waals surface area contributed by atoms with Crippen LogP contribution in [0.3, 0.4) is 0 Å². The molecule has 2 rings (SSSR count). The molecular formula is C12H17N3O. The Bertz CT molecular complexity index is 353. The third kappa shape index (κ3) is 2.39. The Labute approximate surface area is 95.3 Å². The van der Waals surface area contributed by atoms with E-state index >= 15 is 0 Å². The Morgan fingerprint density at radius 1 is 1.50 bits per heavy atom. The van der Waals surface area contributed by atoms with E-state index in [-0.39, 0.29) is 17.9 Å². The lowest BCUT2D eigenvalue weighted by Gasteiger charge is -2.20. The zero-order valence-electron chi connectivity index (χ0n) is 9.23. The molecule has 1 aliphatic heterocycles. The number of pyridine rings is 1. The Morgan fingerprint density at radius 3 is 3.12 bits per heavy atom. The summed E-state index contributed by atoms with van der Waals surface area (Å²) < 4.78 is 0. The zero-order valence-corrected chi connectivity index (χ0v) is 9.23. The predicted molar refractivity (Wildman–Crippen MR) is 61.5 cm³/mol. The van der Waals surface area contributed by atoms with Gasteiger partial charge < -0.3 is 11.1 Å². The highest BCUT2D eigenvalue weighted by atomic mass is 16.1. The fraction of sp³-hybridized carbons (Fsp3) is 0.500. The molecule has 4 nitrogen and oxygen atoms in total. The third-order valence-corrected chi connectivity index (χ3v) is 3.08. The number of nitrogens with two attached hydrogens (primary N) is 1. The second-order valence-corrected chi connectivity index (χ2v) is 4.21. The van der Waals surface area contributed by atoms with Crippen molar-refractivity contribution < 1.29 is 4.79 Å². The first-order chi connectivity index (χ1) is 7.79. The number of hydrogen-bond acceptors (Lipinski definition) is 3. The van der Waals surface area contributed by atoms with E-state index in [9.17, 15) is 4.79 Å². The fourth-order valence-electron chi connectivity index (χ4n) is 2.11. The van der Waals surface area contributed by atoms with Crippen LogP contribution in [0.15, 0.2) is 24.5 Å². The minimum absolute atomic E-state index is 0.0776. The molecule has 0 spiro atoms. The van der Waals surface area contributed by atoms with Crippen molar-refractivity contribution in [1.82, 2.24) is 10.3 Å². The van der Waals surface area contributed by atoms with Crippen molar-refractivity contribution in [2.75, 3.05) is 6.54 Å². The summed E-state index contributed by atoms with van der Waals surface area (Å²) in [5, 5.41) is 2.91. The molecule has 86 valence electrons. The average molecular weight is 219 g/mol. The van der Waals surface area contributed by atoms with E-state index in [4.69, 9.17) is 5.73 Å². The van der Waals surface area contributed by atoms with Crippen molar-refractivity contribution in [3.63, 3.8) is 0 Å². The van der Waals surface area contributed by atoms with Crippen LogP contribution in [0.1, 0.15) is 30.9 Å². The van der Waals surface area contributed by atoms with Crippen LogP contribution in [0.5, 0.6) is 0 Å². The van der Waals surface area contributed by atoms with Crippen LogP contribution in [0.25, 0.3) is 0 Å². The molecule has 1 unspecified atom stereocenters. The van der Waals surface area contributed by atoms with Gasteiger partial charge in [-0.3, -0.25) is 9.78 Å². The lowest BCUT2D eigenvalue weighted by Crippen LogP contribution is -2.35. The summed E-state index contributed by atoms with van der Waals surface area (Å²) in [6.07, 6.45) is 6.41. The maximum atomic E-state index is 11.8. The van der Waals surface area contributed by atoms with Gasteiger partial charge in [-0.1, -0.05) is 12.5 Å². The van der Waals surface area contributed by atoms with Crippen LogP contribution in [0.4, 0.5) is 0 Å². The smallest absolute Gasteiger partial charge is 0.225 e. The maximum Gasteiger partial charge on any atom is 0.225 e. The molecule has 0 aromatic carbocycles. The van der Waals surface area contributed by atoms with Gasteiger partial charge in [0, 0.05) is 25.0 Å². The standard InChI is InChI=1S/C12H17N3O/c13-11(9-4-3-6-14-8-9)10-5-1-2-7-15-12(10)16/h3-4,6,8,10-11H,1-2,5,7,13H2,(H,15,16)/t10-,11?/m0/s1. The van der Waals surface area contributed by atoms with Gasteiger partial charge in [0.1, 0.15) is 0 Å². The minimum atomic E-state index is -0.244. The number of nitrogens with zero attached hydrogens (tertiary/aromatic N) is 1. The summed E-state index contributed by atoms with van der Waals surface area (Å²) in [4.78, 5) is 15.9. The summed E-state index contributed by atoms with van der Waals surface area (Å²) >= 11 is 0. The number of carbonyl (C=O) groups excluding carboxylic acids is 1. The second-order valence-electron chi connectivity index (χ2n) is 4.21. The molecule has 1 aliphatic rings. The summed E-state index contributed by atoms with van der Waals surface area (Å²) in [5.74, 6) is -0.0412. The first kappa shape index (κ1) is 11.1. The molecule has 16 heavy (non-hydrogen) atoms. The van der Waals surface area contributed by atoms with Gasteiger partial charge >= 0.3 is 0 Å². The van der Waals surface area contributed by atoms with E-state index in [0.29, 0.717) is 0 Å². The quantitative estimate of drug-likeness (QED) is 0.779.